The number of fused-ring (bicyclic) bond motifs is 2. The second-order valence-electron chi connectivity index (χ2n) is 7.81. The molecule has 2 fully saturated rings. The molecule has 1 aliphatic heterocycles. The average Bonchev–Trinajstić information content (AvgIpc) is 3.37. The summed E-state index contributed by atoms with van der Waals surface area (Å²) in [5, 5.41) is 7.14. The van der Waals surface area contributed by atoms with Gasteiger partial charge in [0.25, 0.3) is 5.91 Å². The third-order valence-corrected chi connectivity index (χ3v) is 5.96. The van der Waals surface area contributed by atoms with Crippen molar-refractivity contribution in [1.82, 2.24) is 24.9 Å². The number of hydrogen-bond donors (Lipinski definition) is 1. The lowest BCUT2D eigenvalue weighted by Crippen LogP contribution is -2.43. The molecule has 2 heterocycles. The van der Waals surface area contributed by atoms with Gasteiger partial charge in [-0.1, -0.05) is 12.2 Å². The molecule has 1 aromatic heterocycles. The summed E-state index contributed by atoms with van der Waals surface area (Å²) >= 11 is 0. The quantitative estimate of drug-likeness (QED) is 0.783. The zero-order chi connectivity index (χ0) is 18.3. The van der Waals surface area contributed by atoms with Gasteiger partial charge in [-0.2, -0.15) is 5.10 Å². The molecule has 26 heavy (non-hydrogen) atoms. The maximum Gasteiger partial charge on any atom is 0.317 e. The fraction of sp³-hybridized carbons (Fsp3) is 0.632. The van der Waals surface area contributed by atoms with E-state index in [0.717, 1.165) is 12.2 Å². The van der Waals surface area contributed by atoms with E-state index in [2.05, 4.69) is 22.6 Å². The topological polar surface area (TPSA) is 70.5 Å². The van der Waals surface area contributed by atoms with Gasteiger partial charge in [-0.15, -0.1) is 0 Å². The molecule has 4 rings (SSSR count). The summed E-state index contributed by atoms with van der Waals surface area (Å²) in [5.41, 5.74) is 1.46. The Morgan fingerprint density at radius 2 is 2.23 bits per heavy atom. The Bertz CT molecular complexity index is 740. The van der Waals surface area contributed by atoms with Crippen LogP contribution in [0, 0.1) is 24.7 Å². The normalized spacial score (nSPS) is 26.6. The number of rotatable bonds is 6. The van der Waals surface area contributed by atoms with Crippen molar-refractivity contribution < 1.29 is 9.59 Å². The van der Waals surface area contributed by atoms with Gasteiger partial charge >= 0.3 is 6.03 Å². The number of urea groups is 1. The molecule has 140 valence electrons. The van der Waals surface area contributed by atoms with Crippen molar-refractivity contribution in [2.24, 2.45) is 24.8 Å². The highest BCUT2D eigenvalue weighted by atomic mass is 16.2. The van der Waals surface area contributed by atoms with Gasteiger partial charge in [-0.25, -0.2) is 4.79 Å². The van der Waals surface area contributed by atoms with Crippen LogP contribution in [-0.2, 0) is 7.05 Å². The van der Waals surface area contributed by atoms with Gasteiger partial charge in [0.2, 0.25) is 0 Å². The van der Waals surface area contributed by atoms with Gasteiger partial charge in [0.1, 0.15) is 5.69 Å². The van der Waals surface area contributed by atoms with Crippen LogP contribution >= 0.6 is 0 Å². The Hall–Kier alpha value is -2.31. The highest BCUT2D eigenvalue weighted by Crippen LogP contribution is 2.43. The van der Waals surface area contributed by atoms with Crippen LogP contribution < -0.4 is 5.32 Å². The first-order chi connectivity index (χ1) is 12.5. The lowest BCUT2D eigenvalue weighted by Gasteiger charge is -2.30. The predicted molar refractivity (Wildman–Crippen MR) is 97.7 cm³/mol. The van der Waals surface area contributed by atoms with E-state index in [0.29, 0.717) is 49.6 Å². The molecule has 3 atom stereocenters. The maximum absolute atomic E-state index is 13.2. The Morgan fingerprint density at radius 3 is 2.81 bits per heavy atom. The van der Waals surface area contributed by atoms with Crippen molar-refractivity contribution in [1.29, 1.82) is 0 Å². The summed E-state index contributed by atoms with van der Waals surface area (Å²) in [6.07, 6.45) is 7.04. The van der Waals surface area contributed by atoms with Crippen LogP contribution in [0.2, 0.25) is 0 Å². The minimum Gasteiger partial charge on any atom is -0.336 e. The fourth-order valence-corrected chi connectivity index (χ4v) is 4.60. The summed E-state index contributed by atoms with van der Waals surface area (Å²) in [6, 6.07) is 1.81. The molecule has 0 radical (unpaired) electrons. The van der Waals surface area contributed by atoms with Gasteiger partial charge in [0.05, 0.1) is 5.69 Å². The summed E-state index contributed by atoms with van der Waals surface area (Å²) in [4.78, 5) is 28.7. The van der Waals surface area contributed by atoms with E-state index in [1.165, 1.54) is 12.8 Å². The highest BCUT2D eigenvalue weighted by Gasteiger charge is 2.37. The van der Waals surface area contributed by atoms with Crippen molar-refractivity contribution in [3.8, 4) is 0 Å². The summed E-state index contributed by atoms with van der Waals surface area (Å²) < 4.78 is 1.66. The number of hydrogen-bond acceptors (Lipinski definition) is 3. The van der Waals surface area contributed by atoms with E-state index in [-0.39, 0.29) is 11.9 Å². The van der Waals surface area contributed by atoms with Crippen LogP contribution in [0.1, 0.15) is 29.0 Å². The molecule has 7 nitrogen and oxygen atoms in total. The lowest BCUT2D eigenvalue weighted by molar-refractivity contribution is 0.0695. The molecule has 1 aromatic rings. The molecule has 0 aromatic carbocycles. The minimum absolute atomic E-state index is 0.0134. The van der Waals surface area contributed by atoms with Crippen molar-refractivity contribution in [3.05, 3.63) is 29.6 Å². The molecule has 7 heteroatoms. The Balaban J connectivity index is 1.48. The molecule has 3 amide bonds. The van der Waals surface area contributed by atoms with Crippen LogP contribution in [0.15, 0.2) is 18.2 Å². The van der Waals surface area contributed by atoms with Crippen molar-refractivity contribution >= 4 is 11.9 Å². The van der Waals surface area contributed by atoms with Gasteiger partial charge in [-0.3, -0.25) is 9.48 Å². The monoisotopic (exact) mass is 357 g/mol. The van der Waals surface area contributed by atoms with Crippen molar-refractivity contribution in [2.45, 2.75) is 19.8 Å². The molecule has 0 spiro atoms. The fourth-order valence-electron chi connectivity index (χ4n) is 4.60. The summed E-state index contributed by atoms with van der Waals surface area (Å²) in [6.45, 7) is 5.19. The van der Waals surface area contributed by atoms with Gasteiger partial charge in [0.15, 0.2) is 0 Å². The standard InChI is InChI=1S/C19H27N5O2/c1-13-9-17(22(2)21-13)18(25)24(8-7-23-6-5-20-19(23)26)12-16-11-14-3-4-15(16)10-14/h3-4,9,14-16H,5-8,10-12H2,1-2H3,(H,20,26)/t14-,15+,16-/m1/s1. The number of carbonyl (C=O) groups is 2. The Morgan fingerprint density at radius 1 is 1.38 bits per heavy atom. The second kappa shape index (κ2) is 6.78. The predicted octanol–water partition coefficient (Wildman–Crippen LogP) is 1.41. The smallest absolute Gasteiger partial charge is 0.317 e. The van der Waals surface area contributed by atoms with Crippen LogP contribution in [0.5, 0.6) is 0 Å². The van der Waals surface area contributed by atoms with Gasteiger partial charge in [-0.05, 0) is 43.6 Å². The first kappa shape index (κ1) is 17.1. The molecule has 2 aliphatic carbocycles. The molecule has 3 aliphatic rings. The number of allylic oxidation sites excluding steroid dienone is 2. The zero-order valence-corrected chi connectivity index (χ0v) is 15.5. The SMILES string of the molecule is Cc1cc(C(=O)N(CCN2CCNC2=O)C[C@H]2C[C@@H]3C=C[C@H]2C3)n(C)n1. The molecule has 1 saturated heterocycles. The van der Waals surface area contributed by atoms with Crippen molar-refractivity contribution in [2.75, 3.05) is 32.7 Å². The van der Waals surface area contributed by atoms with E-state index >= 15 is 0 Å². The number of carbonyl (C=O) groups excluding carboxylic acids is 2. The van der Waals surface area contributed by atoms with Crippen LogP contribution in [0.25, 0.3) is 0 Å². The Kier molecular flexibility index (Phi) is 4.46. The molecule has 1 saturated carbocycles. The van der Waals surface area contributed by atoms with E-state index < -0.39 is 0 Å². The van der Waals surface area contributed by atoms with Gasteiger partial charge in [0, 0.05) is 39.8 Å². The first-order valence-electron chi connectivity index (χ1n) is 9.52. The third kappa shape index (κ3) is 3.22. The molecule has 1 N–H and O–H groups in total. The number of nitrogens with one attached hydrogen (secondary N) is 1. The molecule has 2 bridgehead atoms. The third-order valence-electron chi connectivity index (χ3n) is 5.96. The summed E-state index contributed by atoms with van der Waals surface area (Å²) in [7, 11) is 1.81. The molecular formula is C19H27N5O2. The van der Waals surface area contributed by atoms with Crippen LogP contribution in [0.3, 0.4) is 0 Å². The largest absolute Gasteiger partial charge is 0.336 e. The highest BCUT2D eigenvalue weighted by molar-refractivity contribution is 5.92. The Labute approximate surface area is 154 Å². The van der Waals surface area contributed by atoms with E-state index in [1.807, 2.05) is 24.9 Å². The van der Waals surface area contributed by atoms with Crippen molar-refractivity contribution in [3.63, 3.8) is 0 Å². The van der Waals surface area contributed by atoms with Crippen LogP contribution in [-0.4, -0.2) is 64.2 Å². The summed E-state index contributed by atoms with van der Waals surface area (Å²) in [5.74, 6) is 1.82. The number of aryl methyl sites for hydroxylation is 2. The number of nitrogens with zero attached hydrogens (tertiary/aromatic N) is 4. The minimum atomic E-state index is -0.0309. The lowest BCUT2D eigenvalue weighted by atomic mass is 9.93. The van der Waals surface area contributed by atoms with Gasteiger partial charge < -0.3 is 15.1 Å². The van der Waals surface area contributed by atoms with Crippen LogP contribution in [0.4, 0.5) is 4.79 Å². The average molecular weight is 357 g/mol. The number of amides is 3. The molecule has 0 unspecified atom stereocenters. The van der Waals surface area contributed by atoms with E-state index in [9.17, 15) is 9.59 Å². The second-order valence-corrected chi connectivity index (χ2v) is 7.81. The van der Waals surface area contributed by atoms with E-state index in [1.54, 1.807) is 9.58 Å². The maximum atomic E-state index is 13.2. The first-order valence-corrected chi connectivity index (χ1v) is 9.52. The molecular weight excluding hydrogens is 330 g/mol. The van der Waals surface area contributed by atoms with E-state index in [4.69, 9.17) is 0 Å². The zero-order valence-electron chi connectivity index (χ0n) is 15.5. The number of aromatic nitrogens is 2.